The molecule has 9 nitrogen and oxygen atoms in total. The summed E-state index contributed by atoms with van der Waals surface area (Å²) in [5.41, 5.74) is -2.73. The van der Waals surface area contributed by atoms with Gasteiger partial charge in [0.1, 0.15) is 5.82 Å². The Morgan fingerprint density at radius 1 is 1.18 bits per heavy atom. The average Bonchev–Trinajstić information content (AvgIpc) is 3.23. The number of halogens is 4. The maximum atomic E-state index is 13.3. The molecule has 3 aromatic rings. The second-order valence-electron chi connectivity index (χ2n) is 6.65. The molecule has 0 bridgehead atoms. The number of rotatable bonds is 6. The maximum Gasteiger partial charge on any atom is 0.418 e. The molecule has 1 aromatic heterocycles. The van der Waals surface area contributed by atoms with Crippen molar-refractivity contribution in [3.8, 4) is 5.69 Å². The van der Waals surface area contributed by atoms with Crippen molar-refractivity contribution in [3.63, 3.8) is 0 Å². The van der Waals surface area contributed by atoms with Gasteiger partial charge in [-0.25, -0.2) is 14.2 Å². The van der Waals surface area contributed by atoms with Gasteiger partial charge < -0.3 is 10.1 Å². The first kappa shape index (κ1) is 23.4. The monoisotopic (exact) mass is 466 g/mol. The highest BCUT2D eigenvalue weighted by Gasteiger charge is 2.36. The van der Waals surface area contributed by atoms with Crippen molar-refractivity contribution in [1.29, 1.82) is 0 Å². The molecule has 0 radical (unpaired) electrons. The van der Waals surface area contributed by atoms with E-state index < -0.39 is 51.8 Å². The number of carbonyl (C=O) groups excluding carboxylic acids is 2. The average molecular weight is 466 g/mol. The number of non-ortho nitro benzene ring substituents is 1. The van der Waals surface area contributed by atoms with Gasteiger partial charge >= 0.3 is 12.1 Å². The number of hydrogen-bond donors (Lipinski definition) is 1. The molecule has 0 saturated carbocycles. The molecule has 2 aromatic carbocycles. The molecule has 3 rings (SSSR count). The standard InChI is InChI=1S/C20H14F4N4O5/c1-11(18(29)26-16-7-6-14(28(31)32)8-15(16)20(22,23)24)33-19(30)17-9-25-10-27(17)13-4-2-12(21)3-5-13/h2-11H,1H3,(H,26,29)/t11-/m0/s1. The fourth-order valence-electron chi connectivity index (χ4n) is 2.75. The molecule has 13 heteroatoms. The topological polar surface area (TPSA) is 116 Å². The number of nitrogens with zero attached hydrogens (tertiary/aromatic N) is 3. The van der Waals surface area contributed by atoms with E-state index in [1.807, 2.05) is 5.32 Å². The van der Waals surface area contributed by atoms with Gasteiger partial charge in [-0.2, -0.15) is 13.2 Å². The van der Waals surface area contributed by atoms with Crippen LogP contribution in [0.3, 0.4) is 0 Å². The fourth-order valence-corrected chi connectivity index (χ4v) is 2.75. The van der Waals surface area contributed by atoms with E-state index in [9.17, 15) is 37.3 Å². The molecule has 0 saturated heterocycles. The first-order chi connectivity index (χ1) is 15.5. The van der Waals surface area contributed by atoms with Gasteiger partial charge in [-0.3, -0.25) is 19.5 Å². The van der Waals surface area contributed by atoms with E-state index in [1.54, 1.807) is 0 Å². The fraction of sp³-hybridized carbons (Fsp3) is 0.150. The number of imidazole rings is 1. The summed E-state index contributed by atoms with van der Waals surface area (Å²) in [5, 5.41) is 12.7. The number of nitro groups is 1. The summed E-state index contributed by atoms with van der Waals surface area (Å²) >= 11 is 0. The Balaban J connectivity index is 1.76. The highest BCUT2D eigenvalue weighted by atomic mass is 19.4. The SMILES string of the molecule is C[C@H](OC(=O)c1cncn1-c1ccc(F)cc1)C(=O)Nc1ccc([N+](=O)[O-])cc1C(F)(F)F. The van der Waals surface area contributed by atoms with Crippen LogP contribution in [0.5, 0.6) is 0 Å². The predicted octanol–water partition coefficient (Wildman–Crippen LogP) is 4.12. The Bertz CT molecular complexity index is 1210. The van der Waals surface area contributed by atoms with Crippen LogP contribution >= 0.6 is 0 Å². The second-order valence-corrected chi connectivity index (χ2v) is 6.65. The van der Waals surface area contributed by atoms with Crippen molar-refractivity contribution < 1.29 is 36.8 Å². The summed E-state index contributed by atoms with van der Waals surface area (Å²) in [7, 11) is 0. The molecule has 0 fully saturated rings. The Kier molecular flexibility index (Phi) is 6.42. The summed E-state index contributed by atoms with van der Waals surface area (Å²) in [4.78, 5) is 38.4. The van der Waals surface area contributed by atoms with E-state index in [1.165, 1.54) is 23.0 Å². The molecular weight excluding hydrogens is 452 g/mol. The summed E-state index contributed by atoms with van der Waals surface area (Å²) in [6.07, 6.45) is -4.14. The number of hydrogen-bond acceptors (Lipinski definition) is 6. The number of alkyl halides is 3. The van der Waals surface area contributed by atoms with Crippen LogP contribution in [0.4, 0.5) is 28.9 Å². The van der Waals surface area contributed by atoms with E-state index in [4.69, 9.17) is 4.74 Å². The van der Waals surface area contributed by atoms with Crippen LogP contribution in [-0.2, 0) is 15.7 Å². The first-order valence-electron chi connectivity index (χ1n) is 9.13. The number of nitrogens with one attached hydrogen (secondary N) is 1. The minimum absolute atomic E-state index is 0.118. The molecule has 0 aliphatic carbocycles. The molecular formula is C20H14F4N4O5. The second kappa shape index (κ2) is 9.06. The van der Waals surface area contributed by atoms with Crippen molar-refractivity contribution in [3.05, 3.63) is 82.2 Å². The number of nitro benzene ring substituents is 1. The van der Waals surface area contributed by atoms with Crippen molar-refractivity contribution in [1.82, 2.24) is 9.55 Å². The smallest absolute Gasteiger partial charge is 0.418 e. The molecule has 0 aliphatic rings. The number of anilines is 1. The van der Waals surface area contributed by atoms with Crippen LogP contribution in [0.15, 0.2) is 55.0 Å². The van der Waals surface area contributed by atoms with Crippen LogP contribution < -0.4 is 5.32 Å². The summed E-state index contributed by atoms with van der Waals surface area (Å²) in [6, 6.07) is 6.87. The van der Waals surface area contributed by atoms with Gasteiger partial charge in [-0.05, 0) is 37.3 Å². The van der Waals surface area contributed by atoms with Crippen molar-refractivity contribution in [2.24, 2.45) is 0 Å². The lowest BCUT2D eigenvalue weighted by Gasteiger charge is -2.17. The highest BCUT2D eigenvalue weighted by Crippen LogP contribution is 2.37. The largest absolute Gasteiger partial charge is 0.448 e. The molecule has 1 amide bonds. The molecule has 0 aliphatic heterocycles. The van der Waals surface area contributed by atoms with Crippen LogP contribution in [0.2, 0.25) is 0 Å². The molecule has 0 unspecified atom stereocenters. The lowest BCUT2D eigenvalue weighted by Crippen LogP contribution is -2.31. The quantitative estimate of drug-likeness (QED) is 0.253. The van der Waals surface area contributed by atoms with Crippen LogP contribution in [0, 0.1) is 15.9 Å². The summed E-state index contributed by atoms with van der Waals surface area (Å²) in [6.45, 7) is 1.13. The van der Waals surface area contributed by atoms with Crippen LogP contribution in [0.1, 0.15) is 23.0 Å². The number of ether oxygens (including phenoxy) is 1. The highest BCUT2D eigenvalue weighted by molar-refractivity contribution is 5.97. The van der Waals surface area contributed by atoms with Gasteiger partial charge in [0.2, 0.25) is 0 Å². The Morgan fingerprint density at radius 2 is 1.85 bits per heavy atom. The number of amides is 1. The third kappa shape index (κ3) is 5.31. The molecule has 172 valence electrons. The number of esters is 1. The van der Waals surface area contributed by atoms with E-state index in [0.29, 0.717) is 5.69 Å². The molecule has 1 atom stereocenters. The zero-order valence-electron chi connectivity index (χ0n) is 16.7. The predicted molar refractivity (Wildman–Crippen MR) is 105 cm³/mol. The van der Waals surface area contributed by atoms with Gasteiger partial charge in [0, 0.05) is 17.8 Å². The Hall–Kier alpha value is -4.29. The Morgan fingerprint density at radius 3 is 2.45 bits per heavy atom. The van der Waals surface area contributed by atoms with Crippen molar-refractivity contribution in [2.75, 3.05) is 5.32 Å². The minimum atomic E-state index is -4.99. The summed E-state index contributed by atoms with van der Waals surface area (Å²) in [5.74, 6) is -2.62. The van der Waals surface area contributed by atoms with Gasteiger partial charge in [0.15, 0.2) is 11.8 Å². The third-order valence-electron chi connectivity index (χ3n) is 4.38. The van der Waals surface area contributed by atoms with Crippen LogP contribution in [0.25, 0.3) is 5.69 Å². The first-order valence-corrected chi connectivity index (χ1v) is 9.13. The van der Waals surface area contributed by atoms with Crippen molar-refractivity contribution >= 4 is 23.3 Å². The van der Waals surface area contributed by atoms with E-state index in [-0.39, 0.29) is 11.8 Å². The molecule has 33 heavy (non-hydrogen) atoms. The maximum absolute atomic E-state index is 13.3. The number of carbonyl (C=O) groups is 2. The third-order valence-corrected chi connectivity index (χ3v) is 4.38. The van der Waals surface area contributed by atoms with E-state index in [2.05, 4.69) is 4.98 Å². The number of aromatic nitrogens is 2. The van der Waals surface area contributed by atoms with E-state index in [0.717, 1.165) is 37.4 Å². The van der Waals surface area contributed by atoms with E-state index >= 15 is 0 Å². The Labute approximate surface area is 182 Å². The lowest BCUT2D eigenvalue weighted by molar-refractivity contribution is -0.385. The normalized spacial score (nSPS) is 12.2. The number of benzene rings is 2. The molecule has 1 heterocycles. The van der Waals surface area contributed by atoms with Gasteiger partial charge in [0.05, 0.1) is 28.7 Å². The molecule has 1 N–H and O–H groups in total. The zero-order chi connectivity index (χ0) is 24.3. The van der Waals surface area contributed by atoms with Gasteiger partial charge in [-0.1, -0.05) is 0 Å². The van der Waals surface area contributed by atoms with Gasteiger partial charge in [0.25, 0.3) is 11.6 Å². The summed E-state index contributed by atoms with van der Waals surface area (Å²) < 4.78 is 59.3. The van der Waals surface area contributed by atoms with Gasteiger partial charge in [-0.15, -0.1) is 0 Å². The van der Waals surface area contributed by atoms with Crippen LogP contribution in [-0.4, -0.2) is 32.5 Å². The molecule has 0 spiro atoms. The van der Waals surface area contributed by atoms with Crippen molar-refractivity contribution in [2.45, 2.75) is 19.2 Å². The lowest BCUT2D eigenvalue weighted by atomic mass is 10.1. The zero-order valence-corrected chi connectivity index (χ0v) is 16.7. The minimum Gasteiger partial charge on any atom is -0.448 e.